The van der Waals surface area contributed by atoms with Crippen molar-refractivity contribution in [2.24, 2.45) is 0 Å². The molecule has 0 saturated heterocycles. The topological polar surface area (TPSA) is 104 Å². The van der Waals surface area contributed by atoms with Gasteiger partial charge in [-0.2, -0.15) is 5.26 Å². The predicted molar refractivity (Wildman–Crippen MR) is 54.5 cm³/mol. The van der Waals surface area contributed by atoms with E-state index < -0.39 is 28.0 Å². The summed E-state index contributed by atoms with van der Waals surface area (Å²) in [6.45, 7) is 0. The summed E-state index contributed by atoms with van der Waals surface area (Å²) in [5.74, 6) is -1.65. The summed E-state index contributed by atoms with van der Waals surface area (Å²) in [7, 11) is 0. The van der Waals surface area contributed by atoms with Gasteiger partial charge in [0.15, 0.2) is 5.78 Å². The first-order chi connectivity index (χ1) is 7.51. The van der Waals surface area contributed by atoms with Crippen LogP contribution < -0.4 is 0 Å². The van der Waals surface area contributed by atoms with Crippen molar-refractivity contribution in [2.75, 3.05) is 5.88 Å². The molecule has 0 bridgehead atoms. The van der Waals surface area contributed by atoms with E-state index in [-0.39, 0.29) is 11.1 Å². The molecule has 6 nitrogen and oxygen atoms in total. The van der Waals surface area contributed by atoms with Gasteiger partial charge in [-0.1, -0.05) is 0 Å². The molecule has 0 aliphatic carbocycles. The molecule has 7 heteroatoms. The van der Waals surface area contributed by atoms with Gasteiger partial charge in [0, 0.05) is 0 Å². The van der Waals surface area contributed by atoms with Crippen LogP contribution in [0.2, 0.25) is 0 Å². The van der Waals surface area contributed by atoms with E-state index in [4.69, 9.17) is 16.9 Å². The van der Waals surface area contributed by atoms with Crippen LogP contribution in [0.5, 0.6) is 5.75 Å². The summed E-state index contributed by atoms with van der Waals surface area (Å²) in [5, 5.41) is 28.5. The molecule has 0 aliphatic heterocycles. The van der Waals surface area contributed by atoms with Gasteiger partial charge in [-0.25, -0.2) is 0 Å². The van der Waals surface area contributed by atoms with Crippen molar-refractivity contribution in [2.45, 2.75) is 0 Å². The maximum Gasteiger partial charge on any atom is 0.284 e. The smallest absolute Gasteiger partial charge is 0.284 e. The fourth-order valence-electron chi connectivity index (χ4n) is 1.11. The highest BCUT2D eigenvalue weighted by atomic mass is 35.5. The Morgan fingerprint density at radius 3 is 2.69 bits per heavy atom. The molecule has 0 atom stereocenters. The fourth-order valence-corrected chi connectivity index (χ4v) is 1.26. The molecule has 1 aromatic carbocycles. The van der Waals surface area contributed by atoms with Crippen LogP contribution in [0, 0.1) is 21.4 Å². The number of ketones is 1. The number of alkyl halides is 1. The van der Waals surface area contributed by atoms with E-state index in [1.807, 2.05) is 0 Å². The summed E-state index contributed by atoms with van der Waals surface area (Å²) >= 11 is 5.28. The quantitative estimate of drug-likeness (QED) is 0.374. The molecule has 0 saturated carbocycles. The second-order valence-corrected chi connectivity index (χ2v) is 3.08. The fraction of sp³-hybridized carbons (Fsp3) is 0.111. The third-order valence-electron chi connectivity index (χ3n) is 1.85. The molecular weight excluding hydrogens is 236 g/mol. The number of phenolic OH excluding ortho intramolecular Hbond substituents is 1. The minimum absolute atomic E-state index is 0.209. The van der Waals surface area contributed by atoms with E-state index >= 15 is 0 Å². The van der Waals surface area contributed by atoms with Crippen molar-refractivity contribution < 1.29 is 14.8 Å². The number of nitriles is 1. The van der Waals surface area contributed by atoms with E-state index in [9.17, 15) is 20.0 Å². The lowest BCUT2D eigenvalue weighted by Crippen LogP contribution is -2.05. The predicted octanol–water partition coefficient (Wildman–Crippen LogP) is 1.59. The van der Waals surface area contributed by atoms with Crippen LogP contribution in [-0.2, 0) is 0 Å². The van der Waals surface area contributed by atoms with E-state index in [2.05, 4.69) is 0 Å². The van der Waals surface area contributed by atoms with Crippen LogP contribution >= 0.6 is 11.6 Å². The molecule has 0 unspecified atom stereocenters. The van der Waals surface area contributed by atoms with Crippen molar-refractivity contribution in [3.8, 4) is 11.8 Å². The van der Waals surface area contributed by atoms with E-state index in [0.29, 0.717) is 0 Å². The molecule has 0 amide bonds. The highest BCUT2D eigenvalue weighted by molar-refractivity contribution is 6.31. The Hall–Kier alpha value is -2.13. The molecule has 0 fully saturated rings. The SMILES string of the molecule is N#Cc1cc(C(=O)CCl)c([N+](=O)[O-])cc1O. The Balaban J connectivity index is 3.50. The first-order valence-electron chi connectivity index (χ1n) is 4.02. The Labute approximate surface area is 94.8 Å². The van der Waals surface area contributed by atoms with Crippen molar-refractivity contribution in [3.63, 3.8) is 0 Å². The van der Waals surface area contributed by atoms with Gasteiger partial charge in [-0.15, -0.1) is 11.6 Å². The zero-order chi connectivity index (χ0) is 12.3. The summed E-state index contributed by atoms with van der Waals surface area (Å²) in [4.78, 5) is 21.1. The summed E-state index contributed by atoms with van der Waals surface area (Å²) in [6, 6.07) is 3.33. The second kappa shape index (κ2) is 4.59. The van der Waals surface area contributed by atoms with Crippen molar-refractivity contribution >= 4 is 23.1 Å². The summed E-state index contributed by atoms with van der Waals surface area (Å²) < 4.78 is 0. The summed E-state index contributed by atoms with van der Waals surface area (Å²) in [6.07, 6.45) is 0. The lowest BCUT2D eigenvalue weighted by Gasteiger charge is -2.02. The first kappa shape index (κ1) is 11.9. The highest BCUT2D eigenvalue weighted by Crippen LogP contribution is 2.28. The summed E-state index contributed by atoms with van der Waals surface area (Å²) in [5.41, 5.74) is -1.06. The molecule has 1 N–H and O–H groups in total. The van der Waals surface area contributed by atoms with Gasteiger partial charge in [-0.05, 0) is 6.07 Å². The van der Waals surface area contributed by atoms with Crippen LogP contribution in [0.3, 0.4) is 0 Å². The Morgan fingerprint density at radius 1 is 1.62 bits per heavy atom. The van der Waals surface area contributed by atoms with Crippen molar-refractivity contribution in [1.29, 1.82) is 5.26 Å². The number of hydrogen-bond donors (Lipinski definition) is 1. The molecule has 1 rings (SSSR count). The maximum atomic E-state index is 11.3. The number of hydrogen-bond acceptors (Lipinski definition) is 5. The minimum Gasteiger partial charge on any atom is -0.506 e. The van der Waals surface area contributed by atoms with Crippen LogP contribution in [0.4, 0.5) is 5.69 Å². The first-order valence-corrected chi connectivity index (χ1v) is 4.55. The zero-order valence-electron chi connectivity index (χ0n) is 7.81. The number of carbonyl (C=O) groups is 1. The van der Waals surface area contributed by atoms with Crippen LogP contribution in [0.25, 0.3) is 0 Å². The van der Waals surface area contributed by atoms with Gasteiger partial charge in [-0.3, -0.25) is 14.9 Å². The molecule has 0 spiro atoms. The molecule has 0 aromatic heterocycles. The van der Waals surface area contributed by atoms with Gasteiger partial charge in [0.2, 0.25) is 0 Å². The Bertz CT molecular complexity index is 507. The molecule has 1 aromatic rings. The van der Waals surface area contributed by atoms with Gasteiger partial charge in [0.05, 0.1) is 28.0 Å². The molecule has 16 heavy (non-hydrogen) atoms. The number of nitro benzene ring substituents is 1. The third-order valence-corrected chi connectivity index (χ3v) is 2.10. The van der Waals surface area contributed by atoms with Gasteiger partial charge < -0.3 is 5.11 Å². The zero-order valence-corrected chi connectivity index (χ0v) is 8.56. The molecule has 0 aliphatic rings. The molecular formula is C9H5ClN2O4. The number of Topliss-reactive ketones (excluding diaryl/α,β-unsaturated/α-hetero) is 1. The van der Waals surface area contributed by atoms with Crippen LogP contribution in [0.1, 0.15) is 15.9 Å². The standard InChI is InChI=1S/C9H5ClN2O4/c10-3-9(14)6-1-5(4-11)8(13)2-7(6)12(15)16/h1-2,13H,3H2. The number of nitrogens with zero attached hydrogens (tertiary/aromatic N) is 2. The number of rotatable bonds is 3. The number of nitro groups is 1. The average Bonchev–Trinajstić information content (AvgIpc) is 2.27. The second-order valence-electron chi connectivity index (χ2n) is 2.81. The highest BCUT2D eigenvalue weighted by Gasteiger charge is 2.22. The normalized spacial score (nSPS) is 9.50. The lowest BCUT2D eigenvalue weighted by atomic mass is 10.1. The molecule has 0 heterocycles. The van der Waals surface area contributed by atoms with Gasteiger partial charge in [0.25, 0.3) is 5.69 Å². The number of carbonyl (C=O) groups excluding carboxylic acids is 1. The van der Waals surface area contributed by atoms with Crippen molar-refractivity contribution in [1.82, 2.24) is 0 Å². The molecule has 82 valence electrons. The van der Waals surface area contributed by atoms with Crippen LogP contribution in [0.15, 0.2) is 12.1 Å². The number of aromatic hydroxyl groups is 1. The van der Waals surface area contributed by atoms with Crippen molar-refractivity contribution in [3.05, 3.63) is 33.4 Å². The average molecular weight is 241 g/mol. The minimum atomic E-state index is -0.819. The van der Waals surface area contributed by atoms with Crippen LogP contribution in [-0.4, -0.2) is 21.7 Å². The van der Waals surface area contributed by atoms with E-state index in [0.717, 1.165) is 12.1 Å². The number of halogens is 1. The Kier molecular flexibility index (Phi) is 3.43. The lowest BCUT2D eigenvalue weighted by molar-refractivity contribution is -0.385. The number of phenols is 1. The largest absolute Gasteiger partial charge is 0.506 e. The monoisotopic (exact) mass is 240 g/mol. The molecule has 0 radical (unpaired) electrons. The maximum absolute atomic E-state index is 11.3. The van der Waals surface area contributed by atoms with Gasteiger partial charge in [0.1, 0.15) is 11.8 Å². The number of benzene rings is 1. The van der Waals surface area contributed by atoms with E-state index in [1.165, 1.54) is 0 Å². The van der Waals surface area contributed by atoms with Gasteiger partial charge >= 0.3 is 0 Å². The Morgan fingerprint density at radius 2 is 2.25 bits per heavy atom. The van der Waals surface area contributed by atoms with E-state index in [1.54, 1.807) is 6.07 Å². The third kappa shape index (κ3) is 2.10.